The summed E-state index contributed by atoms with van der Waals surface area (Å²) in [6.45, 7) is 1.72. The number of aliphatic hydroxyl groups is 1. The minimum absolute atomic E-state index is 0.0363. The Bertz CT molecular complexity index is 485. The third-order valence-electron chi connectivity index (χ3n) is 2.76. The largest absolute Gasteiger partial charge is 0.394 e. The fourth-order valence-corrected chi connectivity index (χ4v) is 1.90. The lowest BCUT2D eigenvalue weighted by Gasteiger charge is -2.23. The van der Waals surface area contributed by atoms with Crippen LogP contribution in [-0.2, 0) is 9.63 Å². The van der Waals surface area contributed by atoms with Crippen LogP contribution in [0.4, 0.5) is 5.69 Å². The van der Waals surface area contributed by atoms with Crippen molar-refractivity contribution in [1.29, 1.82) is 5.26 Å². The van der Waals surface area contributed by atoms with E-state index in [1.54, 1.807) is 5.06 Å². The van der Waals surface area contributed by atoms with Crippen LogP contribution in [0.5, 0.6) is 0 Å². The van der Waals surface area contributed by atoms with Gasteiger partial charge in [-0.3, -0.25) is 14.7 Å². The Morgan fingerprint density at radius 2 is 2.35 bits per heavy atom. The molecule has 20 heavy (non-hydrogen) atoms. The zero-order valence-corrected chi connectivity index (χ0v) is 11.7. The van der Waals surface area contributed by atoms with Gasteiger partial charge in [-0.1, -0.05) is 12.1 Å². The van der Waals surface area contributed by atoms with Gasteiger partial charge in [0.25, 0.3) is 0 Å². The van der Waals surface area contributed by atoms with E-state index < -0.39 is 0 Å². The van der Waals surface area contributed by atoms with Crippen LogP contribution in [0.3, 0.4) is 0 Å². The maximum Gasteiger partial charge on any atom is 0.217 e. The van der Waals surface area contributed by atoms with E-state index in [1.807, 2.05) is 24.3 Å². The maximum atomic E-state index is 11.2. The lowest BCUT2D eigenvalue weighted by molar-refractivity contribution is -0.119. The lowest BCUT2D eigenvalue weighted by Crippen LogP contribution is -2.27. The first kappa shape index (κ1) is 16.0. The van der Waals surface area contributed by atoms with Crippen molar-refractivity contribution < 1.29 is 14.7 Å². The summed E-state index contributed by atoms with van der Waals surface area (Å²) < 4.78 is 0. The van der Waals surface area contributed by atoms with Gasteiger partial charge < -0.3 is 10.4 Å². The van der Waals surface area contributed by atoms with E-state index >= 15 is 0 Å². The van der Waals surface area contributed by atoms with E-state index in [0.29, 0.717) is 6.54 Å². The minimum atomic E-state index is -0.356. The predicted octanol–water partition coefficient (Wildman–Crippen LogP) is 1.14. The molecule has 6 nitrogen and oxygen atoms in total. The molecular formula is C14H19N3O3. The summed E-state index contributed by atoms with van der Waals surface area (Å²) in [5.41, 5.74) is 1.58. The first-order valence-corrected chi connectivity index (χ1v) is 6.29. The molecule has 0 saturated carbocycles. The first-order chi connectivity index (χ1) is 9.62. The average Bonchev–Trinajstić information content (AvgIpc) is 2.44. The number of nitriles is 1. The molecule has 108 valence electrons. The number of aliphatic hydroxyl groups excluding tert-OH is 1. The number of benzene rings is 1. The van der Waals surface area contributed by atoms with Crippen molar-refractivity contribution in [2.24, 2.45) is 0 Å². The van der Waals surface area contributed by atoms with Crippen LogP contribution in [0.25, 0.3) is 0 Å². The van der Waals surface area contributed by atoms with Crippen molar-refractivity contribution in [2.45, 2.75) is 19.4 Å². The molecule has 0 spiro atoms. The monoisotopic (exact) mass is 277 g/mol. The number of carbonyl (C=O) groups is 1. The third-order valence-corrected chi connectivity index (χ3v) is 2.76. The molecule has 1 aromatic rings. The summed E-state index contributed by atoms with van der Waals surface area (Å²) in [5, 5.41) is 22.1. The summed E-state index contributed by atoms with van der Waals surface area (Å²) in [6, 6.07) is 9.03. The molecular weight excluding hydrogens is 258 g/mol. The van der Waals surface area contributed by atoms with Crippen molar-refractivity contribution >= 4 is 11.6 Å². The number of amides is 1. The van der Waals surface area contributed by atoms with Crippen LogP contribution >= 0.6 is 0 Å². The summed E-state index contributed by atoms with van der Waals surface area (Å²) in [4.78, 5) is 16.4. The highest BCUT2D eigenvalue weighted by atomic mass is 16.7. The number of anilines is 1. The summed E-state index contributed by atoms with van der Waals surface area (Å²) in [5.74, 6) is -0.186. The van der Waals surface area contributed by atoms with E-state index in [-0.39, 0.29) is 25.0 Å². The van der Waals surface area contributed by atoms with Crippen LogP contribution in [0.2, 0.25) is 0 Å². The molecule has 0 aliphatic rings. The maximum absolute atomic E-state index is 11.2. The predicted molar refractivity (Wildman–Crippen MR) is 74.7 cm³/mol. The highest BCUT2D eigenvalue weighted by Crippen LogP contribution is 2.22. The molecule has 0 heterocycles. The SMILES string of the molecule is CON(CCO)c1cccc(C(CC#N)NC(C)=O)c1. The van der Waals surface area contributed by atoms with E-state index in [1.165, 1.54) is 14.0 Å². The topological polar surface area (TPSA) is 85.6 Å². The van der Waals surface area contributed by atoms with E-state index in [0.717, 1.165) is 11.3 Å². The van der Waals surface area contributed by atoms with Crippen molar-refractivity contribution in [3.05, 3.63) is 29.8 Å². The number of hydrogen-bond donors (Lipinski definition) is 2. The lowest BCUT2D eigenvalue weighted by atomic mass is 10.0. The van der Waals surface area contributed by atoms with E-state index in [9.17, 15) is 4.79 Å². The minimum Gasteiger partial charge on any atom is -0.394 e. The Labute approximate surface area is 118 Å². The molecule has 1 atom stereocenters. The number of nitrogens with one attached hydrogen (secondary N) is 1. The van der Waals surface area contributed by atoms with Gasteiger partial charge in [-0.05, 0) is 17.7 Å². The van der Waals surface area contributed by atoms with Gasteiger partial charge in [-0.25, -0.2) is 0 Å². The molecule has 0 radical (unpaired) electrons. The molecule has 1 unspecified atom stereocenters. The fraction of sp³-hybridized carbons (Fsp3) is 0.429. The fourth-order valence-electron chi connectivity index (χ4n) is 1.90. The smallest absolute Gasteiger partial charge is 0.217 e. The van der Waals surface area contributed by atoms with Crippen LogP contribution < -0.4 is 10.4 Å². The van der Waals surface area contributed by atoms with Crippen molar-refractivity contribution in [3.8, 4) is 6.07 Å². The van der Waals surface area contributed by atoms with Gasteiger partial charge in [-0.15, -0.1) is 0 Å². The molecule has 0 aliphatic heterocycles. The molecule has 0 saturated heterocycles. The highest BCUT2D eigenvalue weighted by molar-refractivity contribution is 5.73. The molecule has 1 rings (SSSR count). The zero-order chi connectivity index (χ0) is 15.0. The van der Waals surface area contributed by atoms with Gasteiger partial charge in [0.2, 0.25) is 5.91 Å². The number of nitrogens with zero attached hydrogens (tertiary/aromatic N) is 2. The van der Waals surface area contributed by atoms with Gasteiger partial charge in [0.05, 0.1) is 44.5 Å². The average molecular weight is 277 g/mol. The van der Waals surface area contributed by atoms with E-state index in [4.69, 9.17) is 15.2 Å². The summed E-state index contributed by atoms with van der Waals surface area (Å²) in [7, 11) is 1.52. The highest BCUT2D eigenvalue weighted by Gasteiger charge is 2.14. The Morgan fingerprint density at radius 1 is 1.60 bits per heavy atom. The second-order valence-electron chi connectivity index (χ2n) is 4.22. The molecule has 0 aromatic heterocycles. The number of rotatable bonds is 7. The number of hydroxylamine groups is 1. The third kappa shape index (κ3) is 4.53. The van der Waals surface area contributed by atoms with Crippen LogP contribution in [-0.4, -0.2) is 31.3 Å². The van der Waals surface area contributed by atoms with Gasteiger partial charge in [-0.2, -0.15) is 5.26 Å². The summed E-state index contributed by atoms with van der Waals surface area (Å²) in [6.07, 6.45) is 0.190. The van der Waals surface area contributed by atoms with Crippen molar-refractivity contribution in [2.75, 3.05) is 25.3 Å². The Kier molecular flexibility index (Phi) is 6.50. The Balaban J connectivity index is 2.99. The number of hydrogen-bond acceptors (Lipinski definition) is 5. The van der Waals surface area contributed by atoms with Gasteiger partial charge in [0.1, 0.15) is 0 Å². The van der Waals surface area contributed by atoms with Crippen LogP contribution in [0.1, 0.15) is 24.9 Å². The quantitative estimate of drug-likeness (QED) is 0.730. The van der Waals surface area contributed by atoms with E-state index in [2.05, 4.69) is 11.4 Å². The van der Waals surface area contributed by atoms with Gasteiger partial charge in [0, 0.05) is 6.92 Å². The molecule has 0 aliphatic carbocycles. The molecule has 6 heteroatoms. The molecule has 1 aromatic carbocycles. The van der Waals surface area contributed by atoms with Gasteiger partial charge >= 0.3 is 0 Å². The molecule has 1 amide bonds. The van der Waals surface area contributed by atoms with Crippen molar-refractivity contribution in [3.63, 3.8) is 0 Å². The first-order valence-electron chi connectivity index (χ1n) is 6.29. The number of carbonyl (C=O) groups excluding carboxylic acids is 1. The zero-order valence-electron chi connectivity index (χ0n) is 11.7. The molecule has 0 fully saturated rings. The normalized spacial score (nSPS) is 11.5. The standard InChI is InChI=1S/C14H19N3O3/c1-11(19)16-14(6-7-15)12-4-3-5-13(10-12)17(20-2)8-9-18/h3-5,10,14,18H,6,8-9H2,1-2H3,(H,16,19). The van der Waals surface area contributed by atoms with Crippen LogP contribution in [0, 0.1) is 11.3 Å². The Hall–Kier alpha value is -2.10. The Morgan fingerprint density at radius 3 is 2.90 bits per heavy atom. The van der Waals surface area contributed by atoms with Crippen molar-refractivity contribution in [1.82, 2.24) is 5.32 Å². The molecule has 2 N–H and O–H groups in total. The van der Waals surface area contributed by atoms with Gasteiger partial charge in [0.15, 0.2) is 0 Å². The second kappa shape index (κ2) is 8.15. The summed E-state index contributed by atoms with van der Waals surface area (Å²) >= 11 is 0. The second-order valence-corrected chi connectivity index (χ2v) is 4.22. The molecule has 0 bridgehead atoms. The van der Waals surface area contributed by atoms with Crippen LogP contribution in [0.15, 0.2) is 24.3 Å².